The van der Waals surface area contributed by atoms with Gasteiger partial charge in [0.25, 0.3) is 0 Å². The van der Waals surface area contributed by atoms with Gasteiger partial charge in [-0.3, -0.25) is 0 Å². The van der Waals surface area contributed by atoms with Crippen LogP contribution in [0.25, 0.3) is 0 Å². The topological polar surface area (TPSA) is 18.5 Å². The van der Waals surface area contributed by atoms with E-state index in [0.717, 1.165) is 0 Å². The molecule has 0 spiro atoms. The van der Waals surface area contributed by atoms with E-state index in [1.54, 1.807) is 0 Å². The number of ether oxygens (including phenoxy) is 2. The normalized spacial score (nSPS) is 16.2. The van der Waals surface area contributed by atoms with Gasteiger partial charge in [0, 0.05) is 11.8 Å². The zero-order valence-electron chi connectivity index (χ0n) is 11.4. The first-order valence-electron chi connectivity index (χ1n) is 6.76. The minimum Gasteiger partial charge on any atom is -0.368 e. The molecular formula is C18H18O2. The SMILES string of the molecule is C(C#CCOCC1C=CC=C1)#CCOCC1C=CC=C1. The highest BCUT2D eigenvalue weighted by atomic mass is 16.5. The van der Waals surface area contributed by atoms with Crippen molar-refractivity contribution in [2.24, 2.45) is 11.8 Å². The third-order valence-corrected chi connectivity index (χ3v) is 2.86. The molecule has 0 aromatic heterocycles. The first-order valence-corrected chi connectivity index (χ1v) is 6.76. The first kappa shape index (κ1) is 14.4. The molecule has 0 aromatic carbocycles. The van der Waals surface area contributed by atoms with E-state index in [-0.39, 0.29) is 0 Å². The summed E-state index contributed by atoms with van der Waals surface area (Å²) in [5.74, 6) is 12.1. The molecule has 0 saturated carbocycles. The highest BCUT2D eigenvalue weighted by Crippen LogP contribution is 2.08. The number of rotatable bonds is 6. The highest BCUT2D eigenvalue weighted by molar-refractivity contribution is 5.26. The molecule has 0 atom stereocenters. The second-order valence-corrected chi connectivity index (χ2v) is 4.50. The Labute approximate surface area is 120 Å². The van der Waals surface area contributed by atoms with Gasteiger partial charge in [-0.25, -0.2) is 0 Å². The molecule has 2 aliphatic carbocycles. The van der Waals surface area contributed by atoms with E-state index < -0.39 is 0 Å². The van der Waals surface area contributed by atoms with Crippen LogP contribution in [0.1, 0.15) is 0 Å². The smallest absolute Gasteiger partial charge is 0.108 e. The van der Waals surface area contributed by atoms with Gasteiger partial charge in [-0.05, 0) is 11.8 Å². The Morgan fingerprint density at radius 3 is 1.45 bits per heavy atom. The molecule has 20 heavy (non-hydrogen) atoms. The Hall–Kier alpha value is -2.00. The average Bonchev–Trinajstić information content (AvgIpc) is 3.14. The Morgan fingerprint density at radius 1 is 0.650 bits per heavy atom. The van der Waals surface area contributed by atoms with Gasteiger partial charge in [0.1, 0.15) is 13.2 Å². The second-order valence-electron chi connectivity index (χ2n) is 4.50. The monoisotopic (exact) mass is 266 g/mol. The molecule has 0 bridgehead atoms. The molecule has 0 aromatic rings. The molecule has 2 nitrogen and oxygen atoms in total. The van der Waals surface area contributed by atoms with Gasteiger partial charge in [-0.1, -0.05) is 60.4 Å². The largest absolute Gasteiger partial charge is 0.368 e. The second kappa shape index (κ2) is 8.99. The van der Waals surface area contributed by atoms with E-state index in [0.29, 0.717) is 38.3 Å². The van der Waals surface area contributed by atoms with Crippen molar-refractivity contribution < 1.29 is 9.47 Å². The van der Waals surface area contributed by atoms with Crippen LogP contribution in [-0.2, 0) is 9.47 Å². The van der Waals surface area contributed by atoms with E-state index in [1.807, 2.05) is 24.3 Å². The van der Waals surface area contributed by atoms with Crippen LogP contribution in [0.2, 0.25) is 0 Å². The maximum absolute atomic E-state index is 5.42. The van der Waals surface area contributed by atoms with Gasteiger partial charge >= 0.3 is 0 Å². The van der Waals surface area contributed by atoms with E-state index in [9.17, 15) is 0 Å². The lowest BCUT2D eigenvalue weighted by molar-refractivity contribution is 0.154. The minimum atomic E-state index is 0.398. The summed E-state index contributed by atoms with van der Waals surface area (Å²) in [6.07, 6.45) is 16.6. The molecule has 0 unspecified atom stereocenters. The Kier molecular flexibility index (Phi) is 6.48. The predicted octanol–water partition coefficient (Wildman–Crippen LogP) is 2.51. The lowest BCUT2D eigenvalue weighted by Gasteiger charge is -2.02. The van der Waals surface area contributed by atoms with Crippen LogP contribution in [0.5, 0.6) is 0 Å². The van der Waals surface area contributed by atoms with Gasteiger partial charge in [0.05, 0.1) is 13.2 Å². The van der Waals surface area contributed by atoms with E-state index >= 15 is 0 Å². The summed E-state index contributed by atoms with van der Waals surface area (Å²) in [7, 11) is 0. The van der Waals surface area contributed by atoms with Gasteiger partial charge in [-0.2, -0.15) is 0 Å². The van der Waals surface area contributed by atoms with E-state index in [2.05, 4.69) is 48.0 Å². The fourth-order valence-electron chi connectivity index (χ4n) is 1.83. The fourth-order valence-corrected chi connectivity index (χ4v) is 1.83. The molecule has 0 aliphatic heterocycles. The Bertz CT molecular complexity index is 455. The van der Waals surface area contributed by atoms with E-state index in [1.165, 1.54) is 0 Å². The average molecular weight is 266 g/mol. The fraction of sp³-hybridized carbons (Fsp3) is 0.333. The zero-order valence-corrected chi connectivity index (χ0v) is 11.4. The van der Waals surface area contributed by atoms with Gasteiger partial charge in [0.15, 0.2) is 0 Å². The third-order valence-electron chi connectivity index (χ3n) is 2.86. The molecule has 0 N–H and O–H groups in total. The molecule has 2 aliphatic rings. The van der Waals surface area contributed by atoms with Crippen molar-refractivity contribution in [3.63, 3.8) is 0 Å². The van der Waals surface area contributed by atoms with Crippen LogP contribution >= 0.6 is 0 Å². The number of hydrogen-bond acceptors (Lipinski definition) is 2. The predicted molar refractivity (Wildman–Crippen MR) is 80.7 cm³/mol. The third kappa shape index (κ3) is 5.76. The molecular weight excluding hydrogens is 248 g/mol. The molecule has 2 rings (SSSR count). The van der Waals surface area contributed by atoms with Crippen LogP contribution in [0.3, 0.4) is 0 Å². The summed E-state index contributed by atoms with van der Waals surface area (Å²) < 4.78 is 10.8. The van der Waals surface area contributed by atoms with E-state index in [4.69, 9.17) is 9.47 Å². The van der Waals surface area contributed by atoms with Crippen molar-refractivity contribution in [2.75, 3.05) is 26.4 Å². The Morgan fingerprint density at radius 2 is 1.05 bits per heavy atom. The molecule has 0 fully saturated rings. The molecule has 102 valence electrons. The van der Waals surface area contributed by atoms with Crippen LogP contribution in [0.4, 0.5) is 0 Å². The summed E-state index contributed by atoms with van der Waals surface area (Å²) in [4.78, 5) is 0. The van der Waals surface area contributed by atoms with Crippen molar-refractivity contribution in [3.8, 4) is 23.7 Å². The van der Waals surface area contributed by atoms with Crippen LogP contribution in [0, 0.1) is 35.5 Å². The molecule has 0 amide bonds. The highest BCUT2D eigenvalue weighted by Gasteiger charge is 2.02. The summed E-state index contributed by atoms with van der Waals surface area (Å²) in [5.41, 5.74) is 0. The van der Waals surface area contributed by atoms with Gasteiger partial charge in [0.2, 0.25) is 0 Å². The summed E-state index contributed by atoms with van der Waals surface area (Å²) in [5, 5.41) is 0. The Balaban J connectivity index is 1.47. The van der Waals surface area contributed by atoms with Crippen molar-refractivity contribution in [3.05, 3.63) is 48.6 Å². The standard InChI is InChI=1S/C18H18O2/c1(7-13-19-15-17-9-3-4-10-17)2-8-14-20-16-18-11-5-6-12-18/h3-6,9-12,17-18H,13-16H2. The quantitative estimate of drug-likeness (QED) is 0.543. The molecule has 0 radical (unpaired) electrons. The summed E-state index contributed by atoms with van der Waals surface area (Å²) in [6, 6.07) is 0. The maximum Gasteiger partial charge on any atom is 0.108 e. The van der Waals surface area contributed by atoms with Gasteiger partial charge in [-0.15, -0.1) is 0 Å². The number of hydrogen-bond donors (Lipinski definition) is 0. The van der Waals surface area contributed by atoms with Crippen molar-refractivity contribution in [1.29, 1.82) is 0 Å². The van der Waals surface area contributed by atoms with Crippen molar-refractivity contribution >= 4 is 0 Å². The van der Waals surface area contributed by atoms with Crippen LogP contribution in [0.15, 0.2) is 48.6 Å². The first-order chi connectivity index (χ1) is 9.95. The van der Waals surface area contributed by atoms with Crippen LogP contribution < -0.4 is 0 Å². The van der Waals surface area contributed by atoms with Gasteiger partial charge < -0.3 is 9.47 Å². The molecule has 0 saturated heterocycles. The summed E-state index contributed by atoms with van der Waals surface area (Å²) >= 11 is 0. The van der Waals surface area contributed by atoms with Crippen LogP contribution in [-0.4, -0.2) is 26.4 Å². The lowest BCUT2D eigenvalue weighted by Crippen LogP contribution is -2.03. The zero-order chi connectivity index (χ0) is 13.9. The minimum absolute atomic E-state index is 0.398. The maximum atomic E-state index is 5.42. The van der Waals surface area contributed by atoms with Crippen molar-refractivity contribution in [2.45, 2.75) is 0 Å². The van der Waals surface area contributed by atoms with Crippen molar-refractivity contribution in [1.82, 2.24) is 0 Å². The number of allylic oxidation sites excluding steroid dienone is 4. The molecule has 0 heterocycles. The lowest BCUT2D eigenvalue weighted by atomic mass is 10.2. The summed E-state index contributed by atoms with van der Waals surface area (Å²) in [6.45, 7) is 2.21. The molecule has 2 heteroatoms.